The highest BCUT2D eigenvalue weighted by molar-refractivity contribution is 5.95. The molecule has 7 heteroatoms. The molecule has 31 heavy (non-hydrogen) atoms. The number of carbonyl (C=O) groups excluding carboxylic acids is 2. The lowest BCUT2D eigenvalue weighted by molar-refractivity contribution is -0.117. The van der Waals surface area contributed by atoms with Gasteiger partial charge in [-0.05, 0) is 56.2 Å². The standard InChI is InChI=1S/C24H25N3O4/c1-16-22(17(2)31-26-16)15-30-21-6-3-5-19(13-21)24(29)25-14-18-8-10-20(11-9-18)27-12-4-7-23(27)28/h3,5-6,8-11,13H,4,7,12,14-15H2,1-2H3,(H,25,29). The van der Waals surface area contributed by atoms with Gasteiger partial charge in [0.05, 0.1) is 11.3 Å². The second-order valence-electron chi connectivity index (χ2n) is 7.62. The molecule has 3 aromatic rings. The van der Waals surface area contributed by atoms with E-state index in [-0.39, 0.29) is 11.8 Å². The van der Waals surface area contributed by atoms with E-state index in [0.717, 1.165) is 41.2 Å². The maximum atomic E-state index is 12.6. The Bertz CT molecular complexity index is 1070. The molecule has 0 atom stereocenters. The average Bonchev–Trinajstić information content (AvgIpc) is 3.36. The monoisotopic (exact) mass is 419 g/mol. The van der Waals surface area contributed by atoms with Crippen molar-refractivity contribution in [1.29, 1.82) is 0 Å². The van der Waals surface area contributed by atoms with Crippen molar-refractivity contribution in [2.45, 2.75) is 39.8 Å². The molecule has 1 N–H and O–H groups in total. The largest absolute Gasteiger partial charge is 0.489 e. The van der Waals surface area contributed by atoms with E-state index in [1.807, 2.05) is 44.2 Å². The van der Waals surface area contributed by atoms with Crippen LogP contribution >= 0.6 is 0 Å². The molecule has 0 saturated carbocycles. The van der Waals surface area contributed by atoms with E-state index in [0.29, 0.717) is 30.9 Å². The fourth-order valence-electron chi connectivity index (χ4n) is 3.59. The lowest BCUT2D eigenvalue weighted by Crippen LogP contribution is -2.24. The predicted octanol–water partition coefficient (Wildman–Crippen LogP) is 3.93. The molecule has 0 aliphatic carbocycles. The van der Waals surface area contributed by atoms with Crippen molar-refractivity contribution in [2.75, 3.05) is 11.4 Å². The van der Waals surface area contributed by atoms with Gasteiger partial charge in [0.25, 0.3) is 5.91 Å². The summed E-state index contributed by atoms with van der Waals surface area (Å²) >= 11 is 0. The highest BCUT2D eigenvalue weighted by atomic mass is 16.5. The zero-order valence-electron chi connectivity index (χ0n) is 17.7. The van der Waals surface area contributed by atoms with Crippen LogP contribution in [0.1, 0.15) is 45.8 Å². The van der Waals surface area contributed by atoms with Crippen LogP contribution in [0.2, 0.25) is 0 Å². The maximum Gasteiger partial charge on any atom is 0.251 e. The number of carbonyl (C=O) groups is 2. The Morgan fingerprint density at radius 1 is 1.19 bits per heavy atom. The molecular weight excluding hydrogens is 394 g/mol. The summed E-state index contributed by atoms with van der Waals surface area (Å²) in [5.74, 6) is 1.32. The fourth-order valence-corrected chi connectivity index (χ4v) is 3.59. The van der Waals surface area contributed by atoms with Crippen molar-refractivity contribution in [3.05, 3.63) is 76.7 Å². The molecule has 4 rings (SSSR count). The molecule has 1 aliphatic heterocycles. The Hall–Kier alpha value is -3.61. The number of nitrogens with zero attached hydrogens (tertiary/aromatic N) is 2. The molecule has 0 unspecified atom stereocenters. The van der Waals surface area contributed by atoms with Crippen LogP contribution in [0, 0.1) is 13.8 Å². The van der Waals surface area contributed by atoms with E-state index in [2.05, 4.69) is 10.5 Å². The molecule has 160 valence electrons. The van der Waals surface area contributed by atoms with Crippen molar-refractivity contribution in [1.82, 2.24) is 10.5 Å². The summed E-state index contributed by atoms with van der Waals surface area (Å²) in [7, 11) is 0. The number of nitrogens with one attached hydrogen (secondary N) is 1. The second kappa shape index (κ2) is 9.04. The van der Waals surface area contributed by atoms with Crippen molar-refractivity contribution in [3.8, 4) is 5.75 Å². The van der Waals surface area contributed by atoms with Gasteiger partial charge in [0, 0.05) is 30.8 Å². The summed E-state index contributed by atoms with van der Waals surface area (Å²) in [6, 6.07) is 14.8. The van der Waals surface area contributed by atoms with Gasteiger partial charge in [-0.15, -0.1) is 0 Å². The van der Waals surface area contributed by atoms with Gasteiger partial charge in [0.15, 0.2) is 0 Å². The number of rotatable bonds is 7. The minimum Gasteiger partial charge on any atom is -0.489 e. The predicted molar refractivity (Wildman–Crippen MR) is 116 cm³/mol. The smallest absolute Gasteiger partial charge is 0.251 e. The SMILES string of the molecule is Cc1noc(C)c1COc1cccc(C(=O)NCc2ccc(N3CCCC3=O)cc2)c1. The molecule has 1 aromatic heterocycles. The minimum atomic E-state index is -0.179. The highest BCUT2D eigenvalue weighted by Gasteiger charge is 2.21. The van der Waals surface area contributed by atoms with Gasteiger partial charge < -0.3 is 19.5 Å². The fraction of sp³-hybridized carbons (Fsp3) is 0.292. The van der Waals surface area contributed by atoms with Crippen LogP contribution in [-0.4, -0.2) is 23.5 Å². The van der Waals surface area contributed by atoms with E-state index in [4.69, 9.17) is 9.26 Å². The average molecular weight is 419 g/mol. The second-order valence-corrected chi connectivity index (χ2v) is 7.62. The van der Waals surface area contributed by atoms with Gasteiger partial charge in [0.2, 0.25) is 5.91 Å². The van der Waals surface area contributed by atoms with E-state index in [9.17, 15) is 9.59 Å². The number of aryl methyl sites for hydroxylation is 2. The lowest BCUT2D eigenvalue weighted by atomic mass is 10.1. The van der Waals surface area contributed by atoms with Gasteiger partial charge >= 0.3 is 0 Å². The molecule has 1 aliphatic rings. The third-order valence-corrected chi connectivity index (χ3v) is 5.44. The molecule has 0 spiro atoms. The molecular formula is C24H25N3O4. The van der Waals surface area contributed by atoms with Gasteiger partial charge in [-0.3, -0.25) is 9.59 Å². The molecule has 0 radical (unpaired) electrons. The van der Waals surface area contributed by atoms with E-state index >= 15 is 0 Å². The van der Waals surface area contributed by atoms with Crippen molar-refractivity contribution < 1.29 is 18.8 Å². The normalized spacial score (nSPS) is 13.5. The van der Waals surface area contributed by atoms with Gasteiger partial charge in [-0.1, -0.05) is 23.4 Å². The number of benzene rings is 2. The molecule has 2 heterocycles. The first-order chi connectivity index (χ1) is 15.0. The van der Waals surface area contributed by atoms with Crippen molar-refractivity contribution >= 4 is 17.5 Å². The van der Waals surface area contributed by atoms with Crippen LogP contribution in [-0.2, 0) is 17.9 Å². The summed E-state index contributed by atoms with van der Waals surface area (Å²) < 4.78 is 11.0. The summed E-state index contributed by atoms with van der Waals surface area (Å²) in [6.07, 6.45) is 1.51. The molecule has 0 bridgehead atoms. The van der Waals surface area contributed by atoms with Gasteiger partial charge in [-0.25, -0.2) is 0 Å². The Kier molecular flexibility index (Phi) is 6.02. The first-order valence-corrected chi connectivity index (χ1v) is 10.3. The van der Waals surface area contributed by atoms with Crippen molar-refractivity contribution in [3.63, 3.8) is 0 Å². The Morgan fingerprint density at radius 3 is 2.68 bits per heavy atom. The third kappa shape index (κ3) is 4.77. The zero-order chi connectivity index (χ0) is 21.8. The number of ether oxygens (including phenoxy) is 1. The molecule has 7 nitrogen and oxygen atoms in total. The lowest BCUT2D eigenvalue weighted by Gasteiger charge is -2.16. The number of aromatic nitrogens is 1. The minimum absolute atomic E-state index is 0.164. The first-order valence-electron chi connectivity index (χ1n) is 10.3. The first kappa shape index (κ1) is 20.7. The summed E-state index contributed by atoms with van der Waals surface area (Å²) in [4.78, 5) is 26.2. The molecule has 1 fully saturated rings. The number of hydrogen-bond donors (Lipinski definition) is 1. The maximum absolute atomic E-state index is 12.6. The summed E-state index contributed by atoms with van der Waals surface area (Å²) in [5.41, 5.74) is 4.10. The molecule has 2 amide bonds. The Morgan fingerprint density at radius 2 is 2.00 bits per heavy atom. The van der Waals surface area contributed by atoms with Crippen LogP contribution in [0.5, 0.6) is 5.75 Å². The number of amides is 2. The topological polar surface area (TPSA) is 84.7 Å². The summed E-state index contributed by atoms with van der Waals surface area (Å²) in [5, 5.41) is 6.85. The van der Waals surface area contributed by atoms with Crippen molar-refractivity contribution in [2.24, 2.45) is 0 Å². The third-order valence-electron chi connectivity index (χ3n) is 5.44. The van der Waals surface area contributed by atoms with E-state index in [1.54, 1.807) is 23.1 Å². The van der Waals surface area contributed by atoms with Gasteiger partial charge in [0.1, 0.15) is 18.1 Å². The van der Waals surface area contributed by atoms with E-state index in [1.165, 1.54) is 0 Å². The molecule has 2 aromatic carbocycles. The van der Waals surface area contributed by atoms with Gasteiger partial charge in [-0.2, -0.15) is 0 Å². The Balaban J connectivity index is 1.33. The van der Waals surface area contributed by atoms with E-state index < -0.39 is 0 Å². The number of hydrogen-bond acceptors (Lipinski definition) is 5. The highest BCUT2D eigenvalue weighted by Crippen LogP contribution is 2.22. The van der Waals surface area contributed by atoms with Crippen LogP contribution < -0.4 is 15.0 Å². The number of anilines is 1. The molecule has 1 saturated heterocycles. The quantitative estimate of drug-likeness (QED) is 0.627. The summed E-state index contributed by atoms with van der Waals surface area (Å²) in [6.45, 7) is 5.21. The zero-order valence-corrected chi connectivity index (χ0v) is 17.7. The van der Waals surface area contributed by atoms with Crippen LogP contribution in [0.4, 0.5) is 5.69 Å². The van der Waals surface area contributed by atoms with Crippen LogP contribution in [0.15, 0.2) is 53.1 Å². The Labute approximate surface area is 181 Å². The van der Waals surface area contributed by atoms with Crippen LogP contribution in [0.25, 0.3) is 0 Å². The van der Waals surface area contributed by atoms with Crippen LogP contribution in [0.3, 0.4) is 0 Å².